The maximum Gasteiger partial charge on any atom is 0.251 e. The van der Waals surface area contributed by atoms with E-state index in [1.54, 1.807) is 6.92 Å². The lowest BCUT2D eigenvalue weighted by molar-refractivity contribution is 0.0368. The first-order chi connectivity index (χ1) is 8.71. The van der Waals surface area contributed by atoms with Gasteiger partial charge in [0.2, 0.25) is 0 Å². The maximum atomic E-state index is 13.0. The lowest BCUT2D eigenvalue weighted by Crippen LogP contribution is -2.41. The number of benzene rings is 1. The zero-order valence-electron chi connectivity index (χ0n) is 11.3. The van der Waals surface area contributed by atoms with Crippen molar-refractivity contribution in [2.75, 3.05) is 6.54 Å². The zero-order chi connectivity index (χ0) is 14.6. The summed E-state index contributed by atoms with van der Waals surface area (Å²) in [6.45, 7) is 5.80. The van der Waals surface area contributed by atoms with Gasteiger partial charge in [-0.05, 0) is 37.5 Å². The highest BCUT2D eigenvalue weighted by atomic mass is 35.5. The van der Waals surface area contributed by atoms with Crippen molar-refractivity contribution in [3.63, 3.8) is 0 Å². The lowest BCUT2D eigenvalue weighted by Gasteiger charge is -2.25. The number of amides is 1. The fraction of sp³-hybridized carbons (Fsp3) is 0.500. The zero-order valence-corrected chi connectivity index (χ0v) is 12.1. The van der Waals surface area contributed by atoms with Crippen LogP contribution in [-0.2, 0) is 0 Å². The van der Waals surface area contributed by atoms with Crippen molar-refractivity contribution in [2.45, 2.75) is 32.8 Å². The number of halogens is 2. The van der Waals surface area contributed by atoms with Gasteiger partial charge in [-0.1, -0.05) is 25.4 Å². The summed E-state index contributed by atoms with van der Waals surface area (Å²) >= 11 is 5.61. The van der Waals surface area contributed by atoms with E-state index in [9.17, 15) is 14.3 Å². The van der Waals surface area contributed by atoms with Crippen LogP contribution in [0.15, 0.2) is 18.2 Å². The minimum absolute atomic E-state index is 0.0957. The Labute approximate surface area is 117 Å². The summed E-state index contributed by atoms with van der Waals surface area (Å²) in [6, 6.07) is 3.76. The fourth-order valence-electron chi connectivity index (χ4n) is 1.96. The summed E-state index contributed by atoms with van der Waals surface area (Å²) in [5.74, 6) is -0.622. The molecule has 0 bridgehead atoms. The Balaban J connectivity index is 2.62. The predicted octanol–water partition coefficient (Wildman–Crippen LogP) is 3.01. The predicted molar refractivity (Wildman–Crippen MR) is 73.8 cm³/mol. The van der Waals surface area contributed by atoms with Gasteiger partial charge in [-0.3, -0.25) is 4.79 Å². The summed E-state index contributed by atoms with van der Waals surface area (Å²) in [7, 11) is 0. The Morgan fingerprint density at radius 3 is 2.68 bits per heavy atom. The molecule has 0 aliphatic carbocycles. The molecule has 0 aliphatic rings. The SMILES string of the molecule is CC(C)CC(C)(O)CNC(=O)c1ccc(F)c(Cl)c1. The molecule has 0 spiro atoms. The molecule has 0 saturated carbocycles. The number of rotatable bonds is 5. The first kappa shape index (κ1) is 15.9. The third kappa shape index (κ3) is 5.17. The van der Waals surface area contributed by atoms with Crippen LogP contribution in [0.5, 0.6) is 0 Å². The standard InChI is InChI=1S/C14H19ClFNO2/c1-9(2)7-14(3,19)8-17-13(18)10-4-5-12(16)11(15)6-10/h4-6,9,19H,7-8H2,1-3H3,(H,17,18). The number of hydrogen-bond donors (Lipinski definition) is 2. The molecular formula is C14H19ClFNO2. The molecule has 1 atom stereocenters. The molecule has 106 valence electrons. The van der Waals surface area contributed by atoms with Gasteiger partial charge in [0.15, 0.2) is 0 Å². The molecule has 5 heteroatoms. The van der Waals surface area contributed by atoms with Gasteiger partial charge in [-0.2, -0.15) is 0 Å². The van der Waals surface area contributed by atoms with Gasteiger partial charge in [-0.25, -0.2) is 4.39 Å². The van der Waals surface area contributed by atoms with E-state index >= 15 is 0 Å². The van der Waals surface area contributed by atoms with E-state index in [4.69, 9.17) is 11.6 Å². The van der Waals surface area contributed by atoms with Crippen molar-refractivity contribution in [1.82, 2.24) is 5.32 Å². The lowest BCUT2D eigenvalue weighted by atomic mass is 9.94. The minimum atomic E-state index is -0.965. The molecule has 0 fully saturated rings. The summed E-state index contributed by atoms with van der Waals surface area (Å²) in [4.78, 5) is 11.8. The number of aliphatic hydroxyl groups is 1. The van der Waals surface area contributed by atoms with Gasteiger partial charge >= 0.3 is 0 Å². The number of nitrogens with one attached hydrogen (secondary N) is 1. The molecule has 0 saturated heterocycles. The van der Waals surface area contributed by atoms with Crippen LogP contribution in [0.25, 0.3) is 0 Å². The second-order valence-corrected chi connectivity index (χ2v) is 5.81. The summed E-state index contributed by atoms with van der Waals surface area (Å²) in [5, 5.41) is 12.6. The second-order valence-electron chi connectivity index (χ2n) is 5.41. The molecule has 1 aromatic rings. The van der Waals surface area contributed by atoms with E-state index in [2.05, 4.69) is 5.32 Å². The van der Waals surface area contributed by atoms with Crippen molar-refractivity contribution in [3.8, 4) is 0 Å². The monoisotopic (exact) mass is 287 g/mol. The molecule has 0 radical (unpaired) electrons. The Morgan fingerprint density at radius 1 is 1.53 bits per heavy atom. The molecule has 1 amide bonds. The van der Waals surface area contributed by atoms with Gasteiger partial charge in [0.05, 0.1) is 10.6 Å². The third-order valence-electron chi connectivity index (χ3n) is 2.66. The van der Waals surface area contributed by atoms with Gasteiger partial charge < -0.3 is 10.4 Å². The van der Waals surface area contributed by atoms with Crippen molar-refractivity contribution in [3.05, 3.63) is 34.6 Å². The Bertz CT molecular complexity index is 461. The molecule has 0 heterocycles. The van der Waals surface area contributed by atoms with Gasteiger partial charge in [-0.15, -0.1) is 0 Å². The van der Waals surface area contributed by atoms with E-state index in [-0.39, 0.29) is 23.0 Å². The Hall–Kier alpha value is -1.13. The first-order valence-electron chi connectivity index (χ1n) is 6.17. The van der Waals surface area contributed by atoms with E-state index < -0.39 is 11.4 Å². The molecule has 1 rings (SSSR count). The highest BCUT2D eigenvalue weighted by molar-refractivity contribution is 6.31. The Kier molecular flexibility index (Phi) is 5.32. The average molecular weight is 288 g/mol. The second kappa shape index (κ2) is 6.35. The number of hydrogen-bond acceptors (Lipinski definition) is 2. The normalized spacial score (nSPS) is 14.3. The van der Waals surface area contributed by atoms with E-state index in [0.29, 0.717) is 12.3 Å². The highest BCUT2D eigenvalue weighted by Gasteiger charge is 2.22. The topological polar surface area (TPSA) is 49.3 Å². The quantitative estimate of drug-likeness (QED) is 0.875. The van der Waals surface area contributed by atoms with Crippen molar-refractivity contribution in [2.24, 2.45) is 5.92 Å². The summed E-state index contributed by atoms with van der Waals surface area (Å²) in [6.07, 6.45) is 0.581. The molecular weight excluding hydrogens is 269 g/mol. The van der Waals surface area contributed by atoms with Crippen molar-refractivity contribution >= 4 is 17.5 Å². The van der Waals surface area contributed by atoms with E-state index in [0.717, 1.165) is 6.07 Å². The first-order valence-corrected chi connectivity index (χ1v) is 6.55. The molecule has 0 aliphatic heterocycles. The smallest absolute Gasteiger partial charge is 0.251 e. The van der Waals surface area contributed by atoms with E-state index in [1.165, 1.54) is 12.1 Å². The van der Waals surface area contributed by atoms with Crippen LogP contribution in [0, 0.1) is 11.7 Å². The average Bonchev–Trinajstić information content (AvgIpc) is 2.28. The molecule has 1 unspecified atom stereocenters. The van der Waals surface area contributed by atoms with Crippen molar-refractivity contribution < 1.29 is 14.3 Å². The van der Waals surface area contributed by atoms with Crippen LogP contribution >= 0.6 is 11.6 Å². The van der Waals surface area contributed by atoms with Gasteiger partial charge in [0.25, 0.3) is 5.91 Å². The Morgan fingerprint density at radius 2 is 2.16 bits per heavy atom. The van der Waals surface area contributed by atoms with Crippen LogP contribution < -0.4 is 5.32 Å². The van der Waals surface area contributed by atoms with E-state index in [1.807, 2.05) is 13.8 Å². The van der Waals surface area contributed by atoms with Crippen molar-refractivity contribution in [1.29, 1.82) is 0 Å². The fourth-order valence-corrected chi connectivity index (χ4v) is 2.14. The van der Waals surface area contributed by atoms with Crippen LogP contribution in [0.1, 0.15) is 37.6 Å². The van der Waals surface area contributed by atoms with Gasteiger partial charge in [0, 0.05) is 12.1 Å². The summed E-state index contributed by atoms with van der Waals surface area (Å²) < 4.78 is 13.0. The van der Waals surface area contributed by atoms with Crippen LogP contribution in [0.4, 0.5) is 4.39 Å². The van der Waals surface area contributed by atoms with Gasteiger partial charge in [0.1, 0.15) is 5.82 Å². The highest BCUT2D eigenvalue weighted by Crippen LogP contribution is 2.17. The van der Waals surface area contributed by atoms with Crippen LogP contribution in [0.2, 0.25) is 5.02 Å². The largest absolute Gasteiger partial charge is 0.388 e. The molecule has 2 N–H and O–H groups in total. The van der Waals surface area contributed by atoms with Crippen LogP contribution in [-0.4, -0.2) is 23.2 Å². The molecule has 19 heavy (non-hydrogen) atoms. The molecule has 1 aromatic carbocycles. The maximum absolute atomic E-state index is 13.0. The number of carbonyl (C=O) groups is 1. The minimum Gasteiger partial charge on any atom is -0.388 e. The summed E-state index contributed by atoms with van der Waals surface area (Å²) in [5.41, 5.74) is -0.694. The molecule has 3 nitrogen and oxygen atoms in total. The number of carbonyl (C=O) groups excluding carboxylic acids is 1. The molecule has 0 aromatic heterocycles. The third-order valence-corrected chi connectivity index (χ3v) is 2.95. The van der Waals surface area contributed by atoms with Crippen LogP contribution in [0.3, 0.4) is 0 Å².